The van der Waals surface area contributed by atoms with Crippen LogP contribution >= 0.6 is 11.6 Å². The van der Waals surface area contributed by atoms with E-state index in [9.17, 15) is 14.8 Å². The molecule has 2 fully saturated rings. The standard InChI is InChI=1S/C21H32ClFN6O3/c1-14-11-27(2)7-8-29(14)19-18(23)17(25-21(22)26-19)10-24-20(31)16(12-28(32)13-30)9-15-5-3-4-6-15/h13-16,32H,3-12H2,1-2H3,(H,24,31)/t14-,16-/m1/s1. The van der Waals surface area contributed by atoms with Gasteiger partial charge in [-0.2, -0.15) is 4.98 Å². The van der Waals surface area contributed by atoms with E-state index in [2.05, 4.69) is 20.2 Å². The summed E-state index contributed by atoms with van der Waals surface area (Å²) in [6.07, 6.45) is 5.13. The van der Waals surface area contributed by atoms with Gasteiger partial charge in [0.05, 0.1) is 19.0 Å². The molecular formula is C21H32ClFN6O3. The Balaban J connectivity index is 1.70. The van der Waals surface area contributed by atoms with Crippen LogP contribution < -0.4 is 10.2 Å². The summed E-state index contributed by atoms with van der Waals surface area (Å²) in [5, 5.41) is 12.7. The Morgan fingerprint density at radius 1 is 1.38 bits per heavy atom. The lowest BCUT2D eigenvalue weighted by molar-refractivity contribution is -0.155. The number of piperazine rings is 1. The first-order valence-corrected chi connectivity index (χ1v) is 11.5. The molecule has 1 saturated carbocycles. The normalized spacial score (nSPS) is 20.9. The third-order valence-corrected chi connectivity index (χ3v) is 6.57. The van der Waals surface area contributed by atoms with Gasteiger partial charge in [0.15, 0.2) is 11.6 Å². The summed E-state index contributed by atoms with van der Waals surface area (Å²) in [6, 6.07) is 0.0475. The van der Waals surface area contributed by atoms with Crippen LogP contribution in [0.2, 0.25) is 5.28 Å². The summed E-state index contributed by atoms with van der Waals surface area (Å²) >= 11 is 6.08. The van der Waals surface area contributed by atoms with Crippen molar-refractivity contribution in [2.24, 2.45) is 11.8 Å². The lowest BCUT2D eigenvalue weighted by atomic mass is 9.92. The Hall–Kier alpha value is -2.04. The van der Waals surface area contributed by atoms with Crippen LogP contribution in [-0.4, -0.2) is 76.7 Å². The summed E-state index contributed by atoms with van der Waals surface area (Å²) in [5.41, 5.74) is 0.00957. The second-order valence-corrected chi connectivity index (χ2v) is 9.25. The maximum absolute atomic E-state index is 15.3. The molecule has 32 heavy (non-hydrogen) atoms. The summed E-state index contributed by atoms with van der Waals surface area (Å²) in [4.78, 5) is 35.8. The maximum atomic E-state index is 15.3. The van der Waals surface area contributed by atoms with Crippen molar-refractivity contribution < 1.29 is 19.2 Å². The Bertz CT molecular complexity index is 810. The Labute approximate surface area is 192 Å². The van der Waals surface area contributed by atoms with Gasteiger partial charge in [-0.25, -0.2) is 14.4 Å². The molecule has 2 aliphatic rings. The predicted octanol–water partition coefficient (Wildman–Crippen LogP) is 2.07. The van der Waals surface area contributed by atoms with E-state index in [4.69, 9.17) is 11.6 Å². The predicted molar refractivity (Wildman–Crippen MR) is 118 cm³/mol. The summed E-state index contributed by atoms with van der Waals surface area (Å²) in [7, 11) is 2.01. The monoisotopic (exact) mass is 470 g/mol. The second kappa shape index (κ2) is 11.2. The van der Waals surface area contributed by atoms with E-state index in [1.807, 2.05) is 18.9 Å². The average Bonchev–Trinajstić information content (AvgIpc) is 3.26. The summed E-state index contributed by atoms with van der Waals surface area (Å²) < 4.78 is 15.3. The van der Waals surface area contributed by atoms with E-state index >= 15 is 4.39 Å². The molecule has 1 saturated heterocycles. The minimum Gasteiger partial charge on any atom is -0.350 e. The van der Waals surface area contributed by atoms with Crippen LogP contribution in [0.25, 0.3) is 0 Å². The van der Waals surface area contributed by atoms with Crippen molar-refractivity contribution in [2.45, 2.75) is 51.6 Å². The number of halogens is 2. The highest BCUT2D eigenvalue weighted by Crippen LogP contribution is 2.31. The molecule has 1 aromatic heterocycles. The van der Waals surface area contributed by atoms with Crippen LogP contribution in [0.5, 0.6) is 0 Å². The van der Waals surface area contributed by atoms with Gasteiger partial charge < -0.3 is 15.1 Å². The lowest BCUT2D eigenvalue weighted by Crippen LogP contribution is -2.51. The lowest BCUT2D eigenvalue weighted by Gasteiger charge is -2.39. The van der Waals surface area contributed by atoms with Crippen LogP contribution in [0.15, 0.2) is 0 Å². The fourth-order valence-electron chi connectivity index (χ4n) is 4.71. The van der Waals surface area contributed by atoms with E-state index < -0.39 is 11.7 Å². The molecule has 0 radical (unpaired) electrons. The van der Waals surface area contributed by atoms with Gasteiger partial charge in [-0.05, 0) is 37.9 Å². The van der Waals surface area contributed by atoms with Crippen LogP contribution in [0, 0.1) is 17.7 Å². The first-order chi connectivity index (χ1) is 15.3. The quantitative estimate of drug-likeness (QED) is 0.246. The van der Waals surface area contributed by atoms with Gasteiger partial charge in [0, 0.05) is 25.7 Å². The fraction of sp³-hybridized carbons (Fsp3) is 0.714. The van der Waals surface area contributed by atoms with E-state index in [-0.39, 0.29) is 48.2 Å². The molecule has 1 aromatic rings. The van der Waals surface area contributed by atoms with Gasteiger partial charge in [-0.15, -0.1) is 0 Å². The molecule has 1 aliphatic heterocycles. The number of hydrogen-bond donors (Lipinski definition) is 2. The first kappa shape index (κ1) is 24.6. The van der Waals surface area contributed by atoms with Gasteiger partial charge in [-0.3, -0.25) is 14.8 Å². The first-order valence-electron chi connectivity index (χ1n) is 11.1. The molecule has 2 atom stereocenters. The number of likely N-dealkylation sites (N-methyl/N-ethyl adjacent to an activating group) is 1. The number of carbonyl (C=O) groups is 2. The van der Waals surface area contributed by atoms with Crippen molar-refractivity contribution >= 4 is 29.7 Å². The molecular weight excluding hydrogens is 439 g/mol. The van der Waals surface area contributed by atoms with Crippen molar-refractivity contribution in [3.05, 3.63) is 16.8 Å². The third-order valence-electron chi connectivity index (χ3n) is 6.40. The molecule has 0 unspecified atom stereocenters. The molecule has 9 nitrogen and oxygen atoms in total. The highest BCUT2D eigenvalue weighted by Gasteiger charge is 2.29. The topological polar surface area (TPSA) is 102 Å². The van der Waals surface area contributed by atoms with Crippen molar-refractivity contribution in [2.75, 3.05) is 38.1 Å². The van der Waals surface area contributed by atoms with Crippen molar-refractivity contribution in [3.63, 3.8) is 0 Å². The highest BCUT2D eigenvalue weighted by atomic mass is 35.5. The van der Waals surface area contributed by atoms with E-state index in [1.54, 1.807) is 0 Å². The number of amides is 2. The van der Waals surface area contributed by atoms with E-state index in [0.29, 0.717) is 23.9 Å². The number of nitrogens with one attached hydrogen (secondary N) is 1. The number of carbonyl (C=O) groups excluding carboxylic acids is 2. The minimum absolute atomic E-state index is 0.00957. The van der Waals surface area contributed by atoms with Crippen molar-refractivity contribution in [1.29, 1.82) is 0 Å². The molecule has 3 rings (SSSR count). The SMILES string of the molecule is C[C@@H]1CN(C)CCN1c1nc(Cl)nc(CNC(=O)[C@H](CC2CCCC2)CN(O)C=O)c1F. The highest BCUT2D eigenvalue weighted by molar-refractivity contribution is 6.28. The zero-order valence-electron chi connectivity index (χ0n) is 18.6. The number of nitrogens with zero attached hydrogens (tertiary/aromatic N) is 5. The second-order valence-electron chi connectivity index (χ2n) is 8.91. The third kappa shape index (κ3) is 6.26. The molecule has 1 aliphatic carbocycles. The Morgan fingerprint density at radius 3 is 2.75 bits per heavy atom. The summed E-state index contributed by atoms with van der Waals surface area (Å²) in [5.74, 6) is -1.04. The summed E-state index contributed by atoms with van der Waals surface area (Å²) in [6.45, 7) is 3.88. The largest absolute Gasteiger partial charge is 0.350 e. The van der Waals surface area contributed by atoms with E-state index in [0.717, 1.165) is 38.8 Å². The minimum atomic E-state index is -0.602. The van der Waals surface area contributed by atoms with Gasteiger partial charge in [0.25, 0.3) is 0 Å². The number of rotatable bonds is 9. The average molecular weight is 471 g/mol. The van der Waals surface area contributed by atoms with Crippen LogP contribution in [0.4, 0.5) is 10.2 Å². The number of hydrogen-bond acceptors (Lipinski definition) is 7. The number of aromatic nitrogens is 2. The van der Waals surface area contributed by atoms with Gasteiger partial charge in [0.2, 0.25) is 17.6 Å². The number of hydroxylamine groups is 2. The zero-order chi connectivity index (χ0) is 23.3. The number of anilines is 1. The Morgan fingerprint density at radius 2 is 2.09 bits per heavy atom. The fourth-order valence-corrected chi connectivity index (χ4v) is 4.89. The van der Waals surface area contributed by atoms with Crippen LogP contribution in [-0.2, 0) is 16.1 Å². The maximum Gasteiger partial charge on any atom is 0.233 e. The van der Waals surface area contributed by atoms with Gasteiger partial charge in [0.1, 0.15) is 5.69 Å². The van der Waals surface area contributed by atoms with Crippen LogP contribution in [0.3, 0.4) is 0 Å². The van der Waals surface area contributed by atoms with Crippen molar-refractivity contribution in [1.82, 2.24) is 25.2 Å². The Kier molecular flexibility index (Phi) is 8.61. The molecule has 0 bridgehead atoms. The molecule has 0 spiro atoms. The zero-order valence-corrected chi connectivity index (χ0v) is 19.4. The molecule has 2 amide bonds. The molecule has 2 heterocycles. The van der Waals surface area contributed by atoms with Gasteiger partial charge in [-0.1, -0.05) is 25.7 Å². The molecule has 11 heteroatoms. The molecule has 2 N–H and O–H groups in total. The molecule has 0 aromatic carbocycles. The molecule has 178 valence electrons. The van der Waals surface area contributed by atoms with E-state index in [1.165, 1.54) is 0 Å². The van der Waals surface area contributed by atoms with Gasteiger partial charge >= 0.3 is 0 Å². The smallest absolute Gasteiger partial charge is 0.233 e. The van der Waals surface area contributed by atoms with Crippen LogP contribution in [0.1, 0.15) is 44.7 Å². The van der Waals surface area contributed by atoms with Crippen molar-refractivity contribution in [3.8, 4) is 0 Å².